The third-order valence-electron chi connectivity index (χ3n) is 4.31. The van der Waals surface area contributed by atoms with E-state index in [4.69, 9.17) is 5.11 Å². The van der Waals surface area contributed by atoms with Gasteiger partial charge in [-0.15, -0.1) is 0 Å². The number of aliphatic hydroxyl groups excluding tert-OH is 1. The number of aliphatic hydroxyl groups is 1. The number of hydrogen-bond donors (Lipinski definition) is 2. The first-order valence-corrected chi connectivity index (χ1v) is 6.88. The van der Waals surface area contributed by atoms with Crippen LogP contribution in [-0.2, 0) is 4.79 Å². The Morgan fingerprint density at radius 1 is 1.39 bits per heavy atom. The number of carboxylic acid groups (broad SMARTS) is 1. The van der Waals surface area contributed by atoms with Crippen molar-refractivity contribution in [2.45, 2.75) is 37.8 Å². The van der Waals surface area contributed by atoms with E-state index in [0.717, 1.165) is 19.5 Å². The first kappa shape index (κ1) is 13.8. The van der Waals surface area contributed by atoms with Gasteiger partial charge >= 0.3 is 5.97 Å². The van der Waals surface area contributed by atoms with Crippen LogP contribution in [0.25, 0.3) is 0 Å². The average Bonchev–Trinajstić information content (AvgIpc) is 2.27. The lowest BCUT2D eigenvalue weighted by Gasteiger charge is -2.46. The van der Waals surface area contributed by atoms with Gasteiger partial charge in [0.1, 0.15) is 0 Å². The maximum absolute atomic E-state index is 10.5. The molecule has 0 spiro atoms. The Kier molecular flexibility index (Phi) is 4.59. The molecule has 3 atom stereocenters. The van der Waals surface area contributed by atoms with Gasteiger partial charge in [-0.25, -0.2) is 0 Å². The summed E-state index contributed by atoms with van der Waals surface area (Å²) in [4.78, 5) is 15.2. The van der Waals surface area contributed by atoms with Crippen molar-refractivity contribution in [3.8, 4) is 0 Å². The number of nitrogens with zero attached hydrogens (tertiary/aromatic N) is 2. The molecule has 3 unspecified atom stereocenters. The molecule has 2 heterocycles. The first-order chi connectivity index (χ1) is 8.56. The molecule has 0 aromatic carbocycles. The third kappa shape index (κ3) is 3.43. The SMILES string of the molecule is CN1CCCC2CN(CC(O)CC(=O)O)CCC21. The standard InChI is InChI=1S/C13H24N2O3/c1-14-5-2-3-10-8-15(6-4-12(10)14)9-11(16)7-13(17)18/h10-12,16H,2-9H2,1H3,(H,17,18). The van der Waals surface area contributed by atoms with Crippen LogP contribution in [0.3, 0.4) is 0 Å². The number of piperidine rings is 2. The number of aliphatic carboxylic acids is 1. The van der Waals surface area contributed by atoms with E-state index >= 15 is 0 Å². The maximum atomic E-state index is 10.5. The molecule has 0 aromatic rings. The van der Waals surface area contributed by atoms with Crippen LogP contribution < -0.4 is 0 Å². The summed E-state index contributed by atoms with van der Waals surface area (Å²) in [5, 5.41) is 18.3. The number of carbonyl (C=O) groups is 1. The van der Waals surface area contributed by atoms with E-state index < -0.39 is 12.1 Å². The van der Waals surface area contributed by atoms with Crippen molar-refractivity contribution < 1.29 is 15.0 Å². The van der Waals surface area contributed by atoms with E-state index in [0.29, 0.717) is 18.5 Å². The molecular formula is C13H24N2O3. The van der Waals surface area contributed by atoms with Gasteiger partial charge in [-0.2, -0.15) is 0 Å². The van der Waals surface area contributed by atoms with Crippen molar-refractivity contribution in [3.63, 3.8) is 0 Å². The van der Waals surface area contributed by atoms with Gasteiger partial charge in [0, 0.05) is 19.1 Å². The average molecular weight is 256 g/mol. The molecule has 0 aliphatic carbocycles. The molecule has 2 aliphatic rings. The zero-order chi connectivity index (χ0) is 13.1. The van der Waals surface area contributed by atoms with Gasteiger partial charge in [-0.3, -0.25) is 4.79 Å². The molecule has 5 nitrogen and oxygen atoms in total. The quantitative estimate of drug-likeness (QED) is 0.754. The predicted octanol–water partition coefficient (Wildman–Crippen LogP) is 0.238. The fraction of sp³-hybridized carbons (Fsp3) is 0.923. The van der Waals surface area contributed by atoms with Crippen LogP contribution >= 0.6 is 0 Å². The Labute approximate surface area is 108 Å². The van der Waals surface area contributed by atoms with Crippen LogP contribution in [0.5, 0.6) is 0 Å². The number of rotatable bonds is 4. The summed E-state index contributed by atoms with van der Waals surface area (Å²) in [6, 6.07) is 0.687. The van der Waals surface area contributed by atoms with Crippen LogP contribution in [0.1, 0.15) is 25.7 Å². The highest BCUT2D eigenvalue weighted by Crippen LogP contribution is 2.29. The summed E-state index contributed by atoms with van der Waals surface area (Å²) >= 11 is 0. The highest BCUT2D eigenvalue weighted by molar-refractivity contribution is 5.67. The summed E-state index contributed by atoms with van der Waals surface area (Å²) in [7, 11) is 2.20. The number of hydrogen-bond acceptors (Lipinski definition) is 4. The summed E-state index contributed by atoms with van der Waals surface area (Å²) < 4.78 is 0. The minimum atomic E-state index is -0.921. The molecule has 0 bridgehead atoms. The van der Waals surface area contributed by atoms with Crippen molar-refractivity contribution in [3.05, 3.63) is 0 Å². The van der Waals surface area contributed by atoms with Gasteiger partial charge < -0.3 is 20.0 Å². The second kappa shape index (κ2) is 5.99. The van der Waals surface area contributed by atoms with Crippen LogP contribution in [0.4, 0.5) is 0 Å². The van der Waals surface area contributed by atoms with Crippen LogP contribution in [-0.4, -0.2) is 71.4 Å². The van der Waals surface area contributed by atoms with E-state index in [1.165, 1.54) is 19.4 Å². The lowest BCUT2D eigenvalue weighted by Crippen LogP contribution is -2.53. The third-order valence-corrected chi connectivity index (χ3v) is 4.31. The molecule has 2 aliphatic heterocycles. The first-order valence-electron chi connectivity index (χ1n) is 6.88. The fourth-order valence-electron chi connectivity index (χ4n) is 3.46. The van der Waals surface area contributed by atoms with E-state index in [1.54, 1.807) is 0 Å². The van der Waals surface area contributed by atoms with Gasteiger partial charge in [-0.1, -0.05) is 0 Å². The molecule has 0 radical (unpaired) electrons. The van der Waals surface area contributed by atoms with Crippen LogP contribution in [0.2, 0.25) is 0 Å². The van der Waals surface area contributed by atoms with Gasteiger partial charge in [0.05, 0.1) is 12.5 Å². The summed E-state index contributed by atoms with van der Waals surface area (Å²) in [6.45, 7) is 3.68. The molecule has 0 saturated carbocycles. The van der Waals surface area contributed by atoms with Gasteiger partial charge in [0.2, 0.25) is 0 Å². The molecule has 0 aromatic heterocycles. The van der Waals surface area contributed by atoms with E-state index in [2.05, 4.69) is 16.8 Å². The molecule has 5 heteroatoms. The summed E-state index contributed by atoms with van der Waals surface area (Å²) in [5.74, 6) is -0.232. The largest absolute Gasteiger partial charge is 0.481 e. The topological polar surface area (TPSA) is 64.0 Å². The minimum absolute atomic E-state index is 0.148. The number of fused-ring (bicyclic) bond motifs is 1. The van der Waals surface area contributed by atoms with Gasteiger partial charge in [-0.05, 0) is 45.3 Å². The molecule has 0 amide bonds. The van der Waals surface area contributed by atoms with Gasteiger partial charge in [0.15, 0.2) is 0 Å². The number of β-amino-alcohol motifs (C(OH)–C–C–N with tert-alkyl or cyclic N) is 1. The molecular weight excluding hydrogens is 232 g/mol. The maximum Gasteiger partial charge on any atom is 0.306 e. The molecule has 104 valence electrons. The Morgan fingerprint density at radius 2 is 2.17 bits per heavy atom. The minimum Gasteiger partial charge on any atom is -0.481 e. The number of carboxylic acids is 1. The van der Waals surface area contributed by atoms with E-state index in [9.17, 15) is 9.90 Å². The zero-order valence-corrected chi connectivity index (χ0v) is 11.1. The van der Waals surface area contributed by atoms with Crippen LogP contribution in [0.15, 0.2) is 0 Å². The second-order valence-electron chi connectivity index (χ2n) is 5.75. The highest BCUT2D eigenvalue weighted by Gasteiger charge is 2.34. The molecule has 18 heavy (non-hydrogen) atoms. The molecule has 2 fully saturated rings. The Hall–Kier alpha value is -0.650. The lowest BCUT2D eigenvalue weighted by molar-refractivity contribution is -0.139. The Balaban J connectivity index is 1.81. The van der Waals surface area contributed by atoms with Crippen molar-refractivity contribution in [2.75, 3.05) is 33.2 Å². The Morgan fingerprint density at radius 3 is 2.89 bits per heavy atom. The Bertz CT molecular complexity index is 298. The van der Waals surface area contributed by atoms with E-state index in [-0.39, 0.29) is 6.42 Å². The summed E-state index contributed by atoms with van der Waals surface area (Å²) in [5.41, 5.74) is 0. The van der Waals surface area contributed by atoms with Crippen molar-refractivity contribution >= 4 is 5.97 Å². The molecule has 2 rings (SSSR count). The number of likely N-dealkylation sites (tertiary alicyclic amines) is 2. The van der Waals surface area contributed by atoms with Crippen molar-refractivity contribution in [2.24, 2.45) is 5.92 Å². The molecule has 2 saturated heterocycles. The van der Waals surface area contributed by atoms with Crippen molar-refractivity contribution in [1.82, 2.24) is 9.80 Å². The summed E-state index contributed by atoms with van der Waals surface area (Å²) in [6.07, 6.45) is 2.77. The smallest absolute Gasteiger partial charge is 0.306 e. The monoisotopic (exact) mass is 256 g/mol. The van der Waals surface area contributed by atoms with Crippen molar-refractivity contribution in [1.29, 1.82) is 0 Å². The van der Waals surface area contributed by atoms with Gasteiger partial charge in [0.25, 0.3) is 0 Å². The molecule has 2 N–H and O–H groups in total. The second-order valence-corrected chi connectivity index (χ2v) is 5.75. The predicted molar refractivity (Wildman–Crippen MR) is 68.5 cm³/mol. The van der Waals surface area contributed by atoms with Crippen LogP contribution in [0, 0.1) is 5.92 Å². The highest BCUT2D eigenvalue weighted by atomic mass is 16.4. The normalized spacial score (nSPS) is 31.9. The van der Waals surface area contributed by atoms with E-state index in [1.807, 2.05) is 0 Å². The zero-order valence-electron chi connectivity index (χ0n) is 11.1. The lowest BCUT2D eigenvalue weighted by atomic mass is 9.84. The fourth-order valence-corrected chi connectivity index (χ4v) is 3.46.